The first-order valence-electron chi connectivity index (χ1n) is 5.83. The highest BCUT2D eigenvalue weighted by Gasteiger charge is 2.04. The van der Waals surface area contributed by atoms with Gasteiger partial charge in [-0.2, -0.15) is 0 Å². The summed E-state index contributed by atoms with van der Waals surface area (Å²) >= 11 is 5.88. The lowest BCUT2D eigenvalue weighted by atomic mass is 10.1. The molecule has 0 spiro atoms. The van der Waals surface area contributed by atoms with Crippen LogP contribution in [0.3, 0.4) is 0 Å². The van der Waals surface area contributed by atoms with E-state index in [1.807, 2.05) is 36.4 Å². The lowest BCUT2D eigenvalue weighted by molar-refractivity contribution is 0.415. The zero-order chi connectivity index (χ0) is 13.2. The van der Waals surface area contributed by atoms with Gasteiger partial charge in [0.05, 0.1) is 7.11 Å². The van der Waals surface area contributed by atoms with E-state index in [1.165, 1.54) is 0 Å². The topological polar surface area (TPSA) is 35.0 Å². The van der Waals surface area contributed by atoms with Crippen molar-refractivity contribution < 1.29 is 4.74 Å². The maximum atomic E-state index is 5.88. The average molecular weight is 271 g/mol. The zero-order valence-electron chi connectivity index (χ0n) is 10.3. The molecule has 0 aliphatic carbocycles. The van der Waals surface area contributed by atoms with E-state index in [2.05, 4.69) is 9.97 Å². The quantitative estimate of drug-likeness (QED) is 0.661. The Morgan fingerprint density at radius 3 is 2.58 bits per heavy atom. The van der Waals surface area contributed by atoms with Crippen LogP contribution in [0.5, 0.6) is 5.75 Å². The van der Waals surface area contributed by atoms with Crippen molar-refractivity contribution in [2.45, 2.75) is 0 Å². The number of halogens is 1. The molecule has 94 valence electrons. The van der Waals surface area contributed by atoms with Gasteiger partial charge in [-0.25, -0.2) is 9.97 Å². The van der Waals surface area contributed by atoms with Crippen LogP contribution in [0.1, 0.15) is 0 Å². The zero-order valence-corrected chi connectivity index (χ0v) is 11.1. The molecule has 0 radical (unpaired) electrons. The number of fused-ring (bicyclic) bond motifs is 1. The molecule has 0 unspecified atom stereocenters. The van der Waals surface area contributed by atoms with E-state index >= 15 is 0 Å². The van der Waals surface area contributed by atoms with Gasteiger partial charge in [0.2, 0.25) is 0 Å². The van der Waals surface area contributed by atoms with Crippen LogP contribution in [0.15, 0.2) is 48.7 Å². The highest BCUT2D eigenvalue weighted by molar-refractivity contribution is 6.29. The van der Waals surface area contributed by atoms with Crippen LogP contribution in [0.25, 0.3) is 22.2 Å². The summed E-state index contributed by atoms with van der Waals surface area (Å²) in [6, 6.07) is 13.7. The second kappa shape index (κ2) is 4.86. The van der Waals surface area contributed by atoms with Gasteiger partial charge in [0.15, 0.2) is 5.82 Å². The Hall–Kier alpha value is -2.13. The third kappa shape index (κ3) is 2.37. The molecule has 3 nitrogen and oxygen atoms in total. The van der Waals surface area contributed by atoms with Crippen molar-refractivity contribution in [1.29, 1.82) is 0 Å². The molecule has 0 aliphatic rings. The Kier molecular flexibility index (Phi) is 3.05. The SMILES string of the molecule is COc1ccc2cc(-c3nccc(Cl)n3)ccc2c1. The molecule has 0 fully saturated rings. The van der Waals surface area contributed by atoms with E-state index in [-0.39, 0.29) is 0 Å². The summed E-state index contributed by atoms with van der Waals surface area (Å²) in [6.45, 7) is 0. The lowest BCUT2D eigenvalue weighted by Gasteiger charge is -2.05. The molecular weight excluding hydrogens is 260 g/mol. The van der Waals surface area contributed by atoms with Gasteiger partial charge in [0, 0.05) is 11.8 Å². The smallest absolute Gasteiger partial charge is 0.160 e. The molecule has 3 rings (SSSR count). The number of rotatable bonds is 2. The lowest BCUT2D eigenvalue weighted by Crippen LogP contribution is -1.88. The van der Waals surface area contributed by atoms with Gasteiger partial charge in [0.25, 0.3) is 0 Å². The number of hydrogen-bond donors (Lipinski definition) is 0. The fourth-order valence-electron chi connectivity index (χ4n) is 1.97. The van der Waals surface area contributed by atoms with Gasteiger partial charge >= 0.3 is 0 Å². The van der Waals surface area contributed by atoms with Crippen LogP contribution in [-0.2, 0) is 0 Å². The van der Waals surface area contributed by atoms with Crippen molar-refractivity contribution >= 4 is 22.4 Å². The molecule has 0 bridgehead atoms. The molecular formula is C15H11ClN2O. The molecule has 2 aromatic carbocycles. The Morgan fingerprint density at radius 2 is 1.79 bits per heavy atom. The Bertz CT molecular complexity index is 743. The summed E-state index contributed by atoms with van der Waals surface area (Å²) in [6.07, 6.45) is 1.66. The number of aromatic nitrogens is 2. The van der Waals surface area contributed by atoms with E-state index in [1.54, 1.807) is 19.4 Å². The predicted octanol–water partition coefficient (Wildman–Crippen LogP) is 3.96. The molecule has 0 saturated heterocycles. The summed E-state index contributed by atoms with van der Waals surface area (Å²) in [4.78, 5) is 8.44. The predicted molar refractivity (Wildman–Crippen MR) is 76.5 cm³/mol. The van der Waals surface area contributed by atoms with Crippen LogP contribution >= 0.6 is 11.6 Å². The highest BCUT2D eigenvalue weighted by atomic mass is 35.5. The van der Waals surface area contributed by atoms with Gasteiger partial charge in [-0.3, -0.25) is 0 Å². The molecule has 0 saturated carbocycles. The van der Waals surface area contributed by atoms with Crippen molar-refractivity contribution in [3.8, 4) is 17.1 Å². The molecule has 0 atom stereocenters. The average Bonchev–Trinajstić information content (AvgIpc) is 2.46. The summed E-state index contributed by atoms with van der Waals surface area (Å²) in [5, 5.41) is 2.67. The molecule has 0 amide bonds. The van der Waals surface area contributed by atoms with Crippen molar-refractivity contribution in [3.63, 3.8) is 0 Å². The molecule has 3 aromatic rings. The first kappa shape index (κ1) is 11.9. The number of methoxy groups -OCH3 is 1. The molecule has 0 N–H and O–H groups in total. The van der Waals surface area contributed by atoms with Crippen molar-refractivity contribution in [2.24, 2.45) is 0 Å². The minimum atomic E-state index is 0.444. The monoisotopic (exact) mass is 270 g/mol. The van der Waals surface area contributed by atoms with E-state index in [4.69, 9.17) is 16.3 Å². The normalized spacial score (nSPS) is 10.6. The molecule has 4 heteroatoms. The van der Waals surface area contributed by atoms with Crippen LogP contribution in [-0.4, -0.2) is 17.1 Å². The van der Waals surface area contributed by atoms with Gasteiger partial charge in [0.1, 0.15) is 10.9 Å². The number of hydrogen-bond acceptors (Lipinski definition) is 3. The van der Waals surface area contributed by atoms with Crippen LogP contribution in [0.4, 0.5) is 0 Å². The molecule has 1 aromatic heterocycles. The Morgan fingerprint density at radius 1 is 1.00 bits per heavy atom. The van der Waals surface area contributed by atoms with E-state index in [0.717, 1.165) is 22.1 Å². The second-order valence-electron chi connectivity index (χ2n) is 4.13. The van der Waals surface area contributed by atoms with E-state index in [9.17, 15) is 0 Å². The van der Waals surface area contributed by atoms with Gasteiger partial charge < -0.3 is 4.74 Å². The van der Waals surface area contributed by atoms with Crippen LogP contribution < -0.4 is 4.74 Å². The number of nitrogens with zero attached hydrogens (tertiary/aromatic N) is 2. The van der Waals surface area contributed by atoms with Crippen molar-refractivity contribution in [3.05, 3.63) is 53.8 Å². The summed E-state index contributed by atoms with van der Waals surface area (Å²) in [5.74, 6) is 1.48. The summed E-state index contributed by atoms with van der Waals surface area (Å²) in [7, 11) is 1.66. The minimum absolute atomic E-state index is 0.444. The highest BCUT2D eigenvalue weighted by Crippen LogP contribution is 2.25. The molecule has 1 heterocycles. The third-order valence-electron chi connectivity index (χ3n) is 2.93. The van der Waals surface area contributed by atoms with Gasteiger partial charge in [-0.15, -0.1) is 0 Å². The van der Waals surface area contributed by atoms with Gasteiger partial charge in [-0.05, 0) is 35.0 Å². The first-order chi connectivity index (χ1) is 9.26. The van der Waals surface area contributed by atoms with Gasteiger partial charge in [-0.1, -0.05) is 29.8 Å². The summed E-state index contributed by atoms with van der Waals surface area (Å²) < 4.78 is 5.21. The minimum Gasteiger partial charge on any atom is -0.497 e. The van der Waals surface area contributed by atoms with Crippen molar-refractivity contribution in [1.82, 2.24) is 9.97 Å². The van der Waals surface area contributed by atoms with Crippen LogP contribution in [0, 0.1) is 0 Å². The fourth-order valence-corrected chi connectivity index (χ4v) is 2.10. The second-order valence-corrected chi connectivity index (χ2v) is 4.52. The standard InChI is InChI=1S/C15H11ClN2O/c1-19-13-5-4-10-8-12(3-2-11(10)9-13)15-17-7-6-14(16)18-15/h2-9H,1H3. The maximum absolute atomic E-state index is 5.88. The largest absolute Gasteiger partial charge is 0.497 e. The van der Waals surface area contributed by atoms with E-state index in [0.29, 0.717) is 11.0 Å². The Labute approximate surface area is 115 Å². The van der Waals surface area contributed by atoms with Crippen molar-refractivity contribution in [2.75, 3.05) is 7.11 Å². The molecule has 0 aliphatic heterocycles. The fraction of sp³-hybridized carbons (Fsp3) is 0.0667. The summed E-state index contributed by atoms with van der Waals surface area (Å²) in [5.41, 5.74) is 0.945. The maximum Gasteiger partial charge on any atom is 0.160 e. The number of benzene rings is 2. The Balaban J connectivity index is 2.11. The van der Waals surface area contributed by atoms with Crippen LogP contribution in [0.2, 0.25) is 5.15 Å². The van der Waals surface area contributed by atoms with E-state index < -0.39 is 0 Å². The first-order valence-corrected chi connectivity index (χ1v) is 6.21. The third-order valence-corrected chi connectivity index (χ3v) is 3.14. The molecule has 19 heavy (non-hydrogen) atoms. The number of ether oxygens (including phenoxy) is 1.